The van der Waals surface area contributed by atoms with Crippen LogP contribution in [0.2, 0.25) is 5.02 Å². The molecule has 0 unspecified atom stereocenters. The highest BCUT2D eigenvalue weighted by Crippen LogP contribution is 2.32. The van der Waals surface area contributed by atoms with Crippen LogP contribution < -0.4 is 15.0 Å². The first kappa shape index (κ1) is 21.3. The molecule has 3 rings (SSSR count). The van der Waals surface area contributed by atoms with Gasteiger partial charge in [-0.2, -0.15) is 0 Å². The molecule has 156 valence electrons. The molecule has 1 aliphatic rings. The highest BCUT2D eigenvalue weighted by Gasteiger charge is 2.22. The maximum atomic E-state index is 12.5. The average Bonchev–Trinajstić information content (AvgIpc) is 2.68. The van der Waals surface area contributed by atoms with Crippen LogP contribution >= 0.6 is 11.6 Å². The minimum absolute atomic E-state index is 0.0258. The average molecular weight is 416 g/mol. The van der Waals surface area contributed by atoms with Crippen LogP contribution in [0.3, 0.4) is 0 Å². The van der Waals surface area contributed by atoms with Crippen molar-refractivity contribution in [2.75, 3.05) is 37.8 Å². The summed E-state index contributed by atoms with van der Waals surface area (Å²) in [5, 5.41) is 3.61. The Morgan fingerprint density at radius 3 is 2.48 bits per heavy atom. The summed E-state index contributed by atoms with van der Waals surface area (Å²) in [5.41, 5.74) is 3.41. The van der Waals surface area contributed by atoms with Gasteiger partial charge in [0.05, 0.1) is 0 Å². The first-order valence-electron chi connectivity index (χ1n) is 10.0. The lowest BCUT2D eigenvalue weighted by atomic mass is 9.85. The normalized spacial score (nSPS) is 14.7. The van der Waals surface area contributed by atoms with Crippen LogP contribution in [0.1, 0.15) is 31.9 Å². The Bertz CT molecular complexity index is 855. The first-order chi connectivity index (χ1) is 13.7. The van der Waals surface area contributed by atoms with E-state index in [4.69, 9.17) is 16.3 Å². The van der Waals surface area contributed by atoms with Gasteiger partial charge < -0.3 is 19.9 Å². The second-order valence-corrected chi connectivity index (χ2v) is 8.91. The lowest BCUT2D eigenvalue weighted by Gasteiger charge is -2.36. The van der Waals surface area contributed by atoms with E-state index in [1.165, 1.54) is 5.56 Å². The van der Waals surface area contributed by atoms with Gasteiger partial charge in [0.1, 0.15) is 5.75 Å². The number of piperazine rings is 1. The summed E-state index contributed by atoms with van der Waals surface area (Å²) in [6.07, 6.45) is 0. The van der Waals surface area contributed by atoms with Crippen LogP contribution in [0, 0.1) is 6.92 Å². The number of hydrogen-bond donors (Lipinski definition) is 1. The zero-order valence-corrected chi connectivity index (χ0v) is 18.4. The van der Waals surface area contributed by atoms with Crippen molar-refractivity contribution in [1.29, 1.82) is 0 Å². The highest BCUT2D eigenvalue weighted by atomic mass is 35.5. The van der Waals surface area contributed by atoms with Gasteiger partial charge in [-0.05, 0) is 42.2 Å². The molecule has 2 aromatic carbocycles. The van der Waals surface area contributed by atoms with E-state index in [1.54, 1.807) is 0 Å². The molecule has 1 fully saturated rings. The van der Waals surface area contributed by atoms with Crippen LogP contribution in [0.4, 0.5) is 10.5 Å². The van der Waals surface area contributed by atoms with Crippen LogP contribution in [0.25, 0.3) is 0 Å². The van der Waals surface area contributed by atoms with E-state index in [0.717, 1.165) is 35.1 Å². The van der Waals surface area contributed by atoms with Crippen molar-refractivity contribution in [3.63, 3.8) is 0 Å². The molecule has 0 bridgehead atoms. The Balaban J connectivity index is 1.50. The Morgan fingerprint density at radius 1 is 1.10 bits per heavy atom. The van der Waals surface area contributed by atoms with E-state index in [-0.39, 0.29) is 18.2 Å². The maximum absolute atomic E-state index is 12.5. The van der Waals surface area contributed by atoms with Crippen molar-refractivity contribution in [3.05, 3.63) is 58.6 Å². The number of aryl methyl sites for hydroxylation is 1. The van der Waals surface area contributed by atoms with E-state index >= 15 is 0 Å². The predicted molar refractivity (Wildman–Crippen MR) is 119 cm³/mol. The third-order valence-corrected chi connectivity index (χ3v) is 5.37. The molecule has 1 saturated heterocycles. The fourth-order valence-corrected chi connectivity index (χ4v) is 3.67. The summed E-state index contributed by atoms with van der Waals surface area (Å²) < 4.78 is 5.90. The summed E-state index contributed by atoms with van der Waals surface area (Å²) in [5.74, 6) is 0.814. The Morgan fingerprint density at radius 2 is 1.83 bits per heavy atom. The molecule has 1 aliphatic heterocycles. The number of urea groups is 1. The summed E-state index contributed by atoms with van der Waals surface area (Å²) in [6.45, 7) is 11.6. The number of anilines is 1. The number of nitrogens with one attached hydrogen (secondary N) is 1. The fraction of sp³-hybridized carbons (Fsp3) is 0.435. The third kappa shape index (κ3) is 5.57. The molecule has 1 N–H and O–H groups in total. The summed E-state index contributed by atoms with van der Waals surface area (Å²) in [6, 6.07) is 13.9. The van der Waals surface area contributed by atoms with Crippen LogP contribution in [0.15, 0.2) is 42.5 Å². The predicted octanol–water partition coefficient (Wildman–Crippen LogP) is 4.81. The lowest BCUT2D eigenvalue weighted by Crippen LogP contribution is -2.52. The molecule has 2 aromatic rings. The van der Waals surface area contributed by atoms with Gasteiger partial charge in [-0.3, -0.25) is 0 Å². The van der Waals surface area contributed by atoms with Gasteiger partial charge in [0, 0.05) is 36.9 Å². The van der Waals surface area contributed by atoms with E-state index in [1.807, 2.05) is 41.3 Å². The number of amides is 2. The van der Waals surface area contributed by atoms with Crippen molar-refractivity contribution in [2.45, 2.75) is 33.1 Å². The Hall–Kier alpha value is -2.40. The number of carbonyl (C=O) groups excluding carboxylic acids is 1. The minimum atomic E-state index is -0.0971. The number of benzene rings is 2. The number of nitrogens with zero attached hydrogens (tertiary/aromatic N) is 2. The fourth-order valence-electron chi connectivity index (χ4n) is 3.48. The zero-order chi connectivity index (χ0) is 21.0. The number of hydrogen-bond acceptors (Lipinski definition) is 3. The molecule has 2 amide bonds. The molecule has 29 heavy (non-hydrogen) atoms. The van der Waals surface area contributed by atoms with Gasteiger partial charge in [-0.25, -0.2) is 4.79 Å². The molecule has 0 radical (unpaired) electrons. The summed E-state index contributed by atoms with van der Waals surface area (Å²) in [4.78, 5) is 16.6. The smallest absolute Gasteiger partial charge is 0.320 e. The largest absolute Gasteiger partial charge is 0.473 e. The van der Waals surface area contributed by atoms with E-state index in [0.29, 0.717) is 13.1 Å². The maximum Gasteiger partial charge on any atom is 0.320 e. The first-order valence-corrected chi connectivity index (χ1v) is 10.4. The van der Waals surface area contributed by atoms with Gasteiger partial charge in [0.15, 0.2) is 6.73 Å². The van der Waals surface area contributed by atoms with Crippen molar-refractivity contribution in [3.8, 4) is 5.75 Å². The number of halogens is 1. The molecule has 0 saturated carbocycles. The van der Waals surface area contributed by atoms with E-state index in [9.17, 15) is 4.79 Å². The number of carbonyl (C=O) groups is 1. The molecule has 0 aromatic heterocycles. The highest BCUT2D eigenvalue weighted by molar-refractivity contribution is 6.30. The summed E-state index contributed by atoms with van der Waals surface area (Å²) >= 11 is 6.08. The topological polar surface area (TPSA) is 44.8 Å². The zero-order valence-electron chi connectivity index (χ0n) is 17.7. The molecular weight excluding hydrogens is 386 g/mol. The van der Waals surface area contributed by atoms with Gasteiger partial charge in [-0.1, -0.05) is 56.1 Å². The third-order valence-electron chi connectivity index (χ3n) is 5.13. The SMILES string of the molecule is Cc1ccc(OCNC(=O)N2CCN(c3cccc(Cl)c3)CC2)c(C(C)(C)C)c1. The van der Waals surface area contributed by atoms with Crippen LogP contribution in [-0.2, 0) is 5.41 Å². The van der Waals surface area contributed by atoms with E-state index < -0.39 is 0 Å². The van der Waals surface area contributed by atoms with Crippen molar-refractivity contribution in [1.82, 2.24) is 10.2 Å². The second-order valence-electron chi connectivity index (χ2n) is 8.47. The van der Waals surface area contributed by atoms with Gasteiger partial charge in [0.25, 0.3) is 0 Å². The minimum Gasteiger partial charge on any atom is -0.473 e. The molecule has 0 spiro atoms. The van der Waals surface area contributed by atoms with Crippen molar-refractivity contribution in [2.24, 2.45) is 0 Å². The quantitative estimate of drug-likeness (QED) is 0.728. The molecular formula is C23H30ClN3O2. The van der Waals surface area contributed by atoms with Crippen LogP contribution in [-0.4, -0.2) is 43.8 Å². The van der Waals surface area contributed by atoms with Gasteiger partial charge >= 0.3 is 6.03 Å². The van der Waals surface area contributed by atoms with Gasteiger partial charge in [-0.15, -0.1) is 0 Å². The molecule has 0 atom stereocenters. The number of rotatable bonds is 4. The Kier molecular flexibility index (Phi) is 6.58. The van der Waals surface area contributed by atoms with E-state index in [2.05, 4.69) is 44.0 Å². The molecule has 6 heteroatoms. The second kappa shape index (κ2) is 8.95. The van der Waals surface area contributed by atoms with Crippen molar-refractivity contribution >= 4 is 23.3 Å². The number of ether oxygens (including phenoxy) is 1. The van der Waals surface area contributed by atoms with Gasteiger partial charge in [0.2, 0.25) is 0 Å². The standard InChI is InChI=1S/C23H30ClN3O2/c1-17-8-9-21(20(14-17)23(2,3)4)29-16-25-22(28)27-12-10-26(11-13-27)19-7-5-6-18(24)15-19/h5-9,14-15H,10-13,16H2,1-4H3,(H,25,28). The van der Waals surface area contributed by atoms with Crippen LogP contribution in [0.5, 0.6) is 5.75 Å². The molecule has 5 nitrogen and oxygen atoms in total. The van der Waals surface area contributed by atoms with Crippen molar-refractivity contribution < 1.29 is 9.53 Å². The molecule has 0 aliphatic carbocycles. The Labute approximate surface area is 178 Å². The molecule has 1 heterocycles. The monoisotopic (exact) mass is 415 g/mol. The summed E-state index contributed by atoms with van der Waals surface area (Å²) in [7, 11) is 0. The lowest BCUT2D eigenvalue weighted by molar-refractivity contribution is 0.181.